The van der Waals surface area contributed by atoms with Crippen LogP contribution < -0.4 is 15.6 Å². The Kier molecular flexibility index (Phi) is 3.37. The van der Waals surface area contributed by atoms with Crippen LogP contribution in [-0.2, 0) is 0 Å². The van der Waals surface area contributed by atoms with Crippen molar-refractivity contribution < 1.29 is 9.53 Å². The molecule has 0 saturated carbocycles. The van der Waals surface area contributed by atoms with Gasteiger partial charge in [0.05, 0.1) is 12.2 Å². The van der Waals surface area contributed by atoms with Crippen LogP contribution >= 0.6 is 0 Å². The van der Waals surface area contributed by atoms with Crippen LogP contribution in [0.4, 0.5) is 5.95 Å². The molecule has 0 bridgehead atoms. The third-order valence-corrected chi connectivity index (χ3v) is 2.02. The SMILES string of the molecule is CCOc1n[nH]c(NC(=O)c2ccc(=O)[nH]c2)n1. The summed E-state index contributed by atoms with van der Waals surface area (Å²) in [5.41, 5.74) is 0.0359. The Morgan fingerprint density at radius 3 is 3.00 bits per heavy atom. The van der Waals surface area contributed by atoms with E-state index < -0.39 is 5.91 Å². The summed E-state index contributed by atoms with van der Waals surface area (Å²) in [5, 5.41) is 8.73. The van der Waals surface area contributed by atoms with Crippen LogP contribution in [0.2, 0.25) is 0 Å². The number of carbonyl (C=O) groups is 1. The number of aromatic amines is 2. The Morgan fingerprint density at radius 1 is 1.50 bits per heavy atom. The molecule has 0 saturated heterocycles. The molecule has 0 unspecified atom stereocenters. The smallest absolute Gasteiger partial charge is 0.337 e. The third kappa shape index (κ3) is 2.73. The maximum absolute atomic E-state index is 11.7. The van der Waals surface area contributed by atoms with Crippen LogP contribution in [-0.4, -0.2) is 32.7 Å². The Balaban J connectivity index is 2.06. The summed E-state index contributed by atoms with van der Waals surface area (Å²) in [6.07, 6.45) is 1.32. The van der Waals surface area contributed by atoms with Crippen LogP contribution in [0.5, 0.6) is 6.01 Å². The Morgan fingerprint density at radius 2 is 2.33 bits per heavy atom. The number of amides is 1. The van der Waals surface area contributed by atoms with Gasteiger partial charge in [0.2, 0.25) is 11.5 Å². The molecule has 0 atom stereocenters. The summed E-state index contributed by atoms with van der Waals surface area (Å²) in [5.74, 6) is -0.236. The lowest BCUT2D eigenvalue weighted by atomic mass is 10.3. The Bertz CT molecular complexity index is 583. The van der Waals surface area contributed by atoms with Gasteiger partial charge in [0.1, 0.15) is 0 Å². The van der Waals surface area contributed by atoms with Gasteiger partial charge >= 0.3 is 6.01 Å². The number of carbonyl (C=O) groups excluding carboxylic acids is 1. The van der Waals surface area contributed by atoms with Crippen molar-refractivity contribution in [3.8, 4) is 6.01 Å². The van der Waals surface area contributed by atoms with Crippen molar-refractivity contribution in [2.75, 3.05) is 11.9 Å². The van der Waals surface area contributed by atoms with Crippen molar-refractivity contribution in [1.29, 1.82) is 0 Å². The summed E-state index contributed by atoms with van der Waals surface area (Å²) >= 11 is 0. The molecule has 2 aromatic heterocycles. The molecule has 3 N–H and O–H groups in total. The molecule has 94 valence electrons. The third-order valence-electron chi connectivity index (χ3n) is 2.02. The standard InChI is InChI=1S/C10H11N5O3/c1-2-18-10-13-9(14-15-10)12-8(17)6-3-4-7(16)11-5-6/h3-5H,2H2,1H3,(H,11,16)(H2,12,13,14,15,17). The van der Waals surface area contributed by atoms with E-state index in [1.54, 1.807) is 6.92 Å². The predicted octanol–water partition coefficient (Wildman–Crippen LogP) is 0.144. The molecule has 2 rings (SSSR count). The topological polar surface area (TPSA) is 113 Å². The van der Waals surface area contributed by atoms with Crippen molar-refractivity contribution in [2.45, 2.75) is 6.92 Å². The monoisotopic (exact) mass is 249 g/mol. The van der Waals surface area contributed by atoms with Gasteiger partial charge in [-0.05, 0) is 13.0 Å². The molecule has 18 heavy (non-hydrogen) atoms. The zero-order valence-corrected chi connectivity index (χ0v) is 9.56. The molecule has 8 nitrogen and oxygen atoms in total. The minimum absolute atomic E-state index is 0.161. The van der Waals surface area contributed by atoms with Gasteiger partial charge in [-0.2, -0.15) is 4.98 Å². The van der Waals surface area contributed by atoms with Crippen molar-refractivity contribution in [3.05, 3.63) is 34.2 Å². The van der Waals surface area contributed by atoms with E-state index in [2.05, 4.69) is 25.5 Å². The summed E-state index contributed by atoms with van der Waals surface area (Å²) < 4.78 is 5.04. The van der Waals surface area contributed by atoms with E-state index in [9.17, 15) is 9.59 Å². The largest absolute Gasteiger partial charge is 0.463 e. The van der Waals surface area contributed by atoms with Crippen molar-refractivity contribution >= 4 is 11.9 Å². The maximum atomic E-state index is 11.7. The van der Waals surface area contributed by atoms with Crippen LogP contribution in [0.3, 0.4) is 0 Å². The number of anilines is 1. The maximum Gasteiger partial charge on any atom is 0.337 e. The second-order valence-electron chi connectivity index (χ2n) is 3.30. The molecular weight excluding hydrogens is 238 g/mol. The molecule has 0 radical (unpaired) electrons. The number of nitrogens with zero attached hydrogens (tertiary/aromatic N) is 2. The van der Waals surface area contributed by atoms with Crippen LogP contribution in [0, 0.1) is 0 Å². The number of aromatic nitrogens is 4. The molecule has 1 amide bonds. The van der Waals surface area contributed by atoms with E-state index in [4.69, 9.17) is 4.74 Å². The Hall–Kier alpha value is -2.64. The highest BCUT2D eigenvalue weighted by molar-refractivity contribution is 6.03. The molecular formula is C10H11N5O3. The zero-order valence-electron chi connectivity index (χ0n) is 9.56. The first kappa shape index (κ1) is 11.8. The lowest BCUT2D eigenvalue weighted by molar-refractivity contribution is 0.102. The van der Waals surface area contributed by atoms with Crippen molar-refractivity contribution in [1.82, 2.24) is 20.2 Å². The van der Waals surface area contributed by atoms with E-state index in [1.807, 2.05) is 0 Å². The second-order valence-corrected chi connectivity index (χ2v) is 3.30. The minimum Gasteiger partial charge on any atom is -0.463 e. The first-order chi connectivity index (χ1) is 8.69. The zero-order chi connectivity index (χ0) is 13.0. The minimum atomic E-state index is -0.412. The van der Waals surface area contributed by atoms with Gasteiger partial charge in [-0.25, -0.2) is 5.10 Å². The first-order valence-electron chi connectivity index (χ1n) is 5.24. The van der Waals surface area contributed by atoms with E-state index in [-0.39, 0.29) is 17.5 Å². The van der Waals surface area contributed by atoms with Gasteiger partial charge in [-0.15, -0.1) is 5.10 Å². The normalized spacial score (nSPS) is 10.1. The first-order valence-corrected chi connectivity index (χ1v) is 5.24. The molecule has 0 fully saturated rings. The average molecular weight is 249 g/mol. The summed E-state index contributed by atoms with van der Waals surface area (Å²) in [4.78, 5) is 28.9. The summed E-state index contributed by atoms with van der Waals surface area (Å²) in [7, 11) is 0. The lowest BCUT2D eigenvalue weighted by Crippen LogP contribution is -2.15. The summed E-state index contributed by atoms with van der Waals surface area (Å²) in [6, 6.07) is 2.84. The highest BCUT2D eigenvalue weighted by Gasteiger charge is 2.09. The fourth-order valence-electron chi connectivity index (χ4n) is 1.23. The number of hydrogen-bond donors (Lipinski definition) is 3. The number of rotatable bonds is 4. The predicted molar refractivity (Wildman–Crippen MR) is 62.6 cm³/mol. The lowest BCUT2D eigenvalue weighted by Gasteiger charge is -1.99. The fraction of sp³-hybridized carbons (Fsp3) is 0.200. The van der Waals surface area contributed by atoms with Crippen LogP contribution in [0.25, 0.3) is 0 Å². The molecule has 0 spiro atoms. The highest BCUT2D eigenvalue weighted by Crippen LogP contribution is 2.06. The number of nitrogens with one attached hydrogen (secondary N) is 3. The van der Waals surface area contributed by atoms with Gasteiger partial charge < -0.3 is 9.72 Å². The fourth-order valence-corrected chi connectivity index (χ4v) is 1.23. The molecule has 2 aromatic rings. The number of pyridine rings is 1. The average Bonchev–Trinajstić information content (AvgIpc) is 2.78. The molecule has 0 aliphatic rings. The Labute approximate surface area is 101 Å². The number of hydrogen-bond acceptors (Lipinski definition) is 5. The number of H-pyrrole nitrogens is 2. The van der Waals surface area contributed by atoms with Crippen molar-refractivity contribution in [3.63, 3.8) is 0 Å². The van der Waals surface area contributed by atoms with E-state index in [0.29, 0.717) is 12.2 Å². The molecule has 8 heteroatoms. The van der Waals surface area contributed by atoms with E-state index in [1.165, 1.54) is 18.3 Å². The molecule has 0 aromatic carbocycles. The van der Waals surface area contributed by atoms with E-state index >= 15 is 0 Å². The van der Waals surface area contributed by atoms with Crippen LogP contribution in [0.1, 0.15) is 17.3 Å². The van der Waals surface area contributed by atoms with Gasteiger partial charge in [-0.1, -0.05) is 0 Å². The van der Waals surface area contributed by atoms with Crippen molar-refractivity contribution in [2.24, 2.45) is 0 Å². The molecule has 0 aliphatic heterocycles. The van der Waals surface area contributed by atoms with Crippen LogP contribution in [0.15, 0.2) is 23.1 Å². The number of ether oxygens (including phenoxy) is 1. The van der Waals surface area contributed by atoms with E-state index in [0.717, 1.165) is 0 Å². The van der Waals surface area contributed by atoms with Gasteiger partial charge in [0.15, 0.2) is 0 Å². The molecule has 2 heterocycles. The highest BCUT2D eigenvalue weighted by atomic mass is 16.5. The summed E-state index contributed by atoms with van der Waals surface area (Å²) in [6.45, 7) is 2.24. The van der Waals surface area contributed by atoms with Gasteiger partial charge in [-0.3, -0.25) is 14.9 Å². The van der Waals surface area contributed by atoms with Gasteiger partial charge in [0, 0.05) is 12.3 Å². The van der Waals surface area contributed by atoms with Gasteiger partial charge in [0.25, 0.3) is 5.91 Å². The molecule has 0 aliphatic carbocycles. The quantitative estimate of drug-likeness (QED) is 0.713. The second kappa shape index (κ2) is 5.13.